The van der Waals surface area contributed by atoms with Gasteiger partial charge in [0.25, 0.3) is 0 Å². The van der Waals surface area contributed by atoms with Crippen molar-refractivity contribution < 1.29 is 9.53 Å². The Hall–Kier alpha value is -0.610. The van der Waals surface area contributed by atoms with Crippen LogP contribution >= 0.6 is 0 Å². The number of esters is 1. The van der Waals surface area contributed by atoms with Gasteiger partial charge in [0, 0.05) is 0 Å². The monoisotopic (exact) mass is 356 g/mol. The summed E-state index contributed by atoms with van der Waals surface area (Å²) in [6.07, 6.45) is 19.7. The number of carbonyl (C=O) groups is 1. The third kappa shape index (κ3) is 18.0. The molecule has 1 unspecified atom stereocenters. The summed E-state index contributed by atoms with van der Waals surface area (Å²) in [5.41, 5.74) is 11.2. The van der Waals surface area contributed by atoms with Gasteiger partial charge in [-0.2, -0.15) is 0 Å². The first-order chi connectivity index (χ1) is 12.2. The molecule has 0 aromatic heterocycles. The van der Waals surface area contributed by atoms with Crippen molar-refractivity contribution in [1.82, 2.24) is 0 Å². The van der Waals surface area contributed by atoms with E-state index in [9.17, 15) is 4.79 Å². The van der Waals surface area contributed by atoms with Gasteiger partial charge in [0.15, 0.2) is 0 Å². The molecule has 0 amide bonds. The zero-order valence-electron chi connectivity index (χ0n) is 16.8. The summed E-state index contributed by atoms with van der Waals surface area (Å²) in [7, 11) is 0. The van der Waals surface area contributed by atoms with Crippen LogP contribution in [-0.2, 0) is 9.53 Å². The van der Waals surface area contributed by atoms with E-state index in [4.69, 9.17) is 16.2 Å². The minimum absolute atomic E-state index is 0.254. The van der Waals surface area contributed by atoms with Crippen molar-refractivity contribution in [3.8, 4) is 0 Å². The molecule has 4 nitrogen and oxygen atoms in total. The smallest absolute Gasteiger partial charge is 0.322 e. The van der Waals surface area contributed by atoms with Gasteiger partial charge in [-0.25, -0.2) is 0 Å². The van der Waals surface area contributed by atoms with Crippen LogP contribution in [0, 0.1) is 0 Å². The second kappa shape index (κ2) is 19.7. The summed E-state index contributed by atoms with van der Waals surface area (Å²) in [6.45, 7) is 3.44. The van der Waals surface area contributed by atoms with Gasteiger partial charge in [0.05, 0.1) is 6.61 Å². The molecule has 0 fully saturated rings. The van der Waals surface area contributed by atoms with Gasteiger partial charge in [-0.05, 0) is 25.8 Å². The summed E-state index contributed by atoms with van der Waals surface area (Å²) >= 11 is 0. The average Bonchev–Trinajstić information content (AvgIpc) is 2.61. The third-order valence-electron chi connectivity index (χ3n) is 4.76. The lowest BCUT2D eigenvalue weighted by atomic mass is 10.0. The van der Waals surface area contributed by atoms with E-state index in [-0.39, 0.29) is 5.97 Å². The molecule has 0 aliphatic heterocycles. The molecule has 0 radical (unpaired) electrons. The van der Waals surface area contributed by atoms with Crippen molar-refractivity contribution in [2.75, 3.05) is 13.2 Å². The predicted octanol–water partition coefficient (Wildman–Crippen LogP) is 5.08. The maximum absolute atomic E-state index is 11.7. The van der Waals surface area contributed by atoms with Crippen LogP contribution < -0.4 is 11.5 Å². The summed E-state index contributed by atoms with van der Waals surface area (Å²) in [4.78, 5) is 11.7. The lowest BCUT2D eigenvalue weighted by Gasteiger charge is -2.11. The van der Waals surface area contributed by atoms with E-state index < -0.39 is 6.04 Å². The summed E-state index contributed by atoms with van der Waals surface area (Å²) in [6, 6.07) is -0.478. The number of unbranched alkanes of at least 4 members (excludes halogenated alkanes) is 13. The van der Waals surface area contributed by atoms with E-state index in [1.807, 2.05) is 0 Å². The van der Waals surface area contributed by atoms with Crippen LogP contribution in [0.25, 0.3) is 0 Å². The van der Waals surface area contributed by atoms with E-state index in [1.54, 1.807) is 0 Å². The lowest BCUT2D eigenvalue weighted by Crippen LogP contribution is -2.32. The standard InChI is InChI=1S/C21H44N2O2/c1-2-3-4-5-6-7-8-9-10-11-12-13-16-19-25-21(24)20(23)17-14-15-18-22/h20H,2-19,22-23H2,1H3. The third-order valence-corrected chi connectivity index (χ3v) is 4.76. The fraction of sp³-hybridized carbons (Fsp3) is 0.952. The molecule has 0 bridgehead atoms. The van der Waals surface area contributed by atoms with E-state index in [2.05, 4.69) is 6.92 Å². The topological polar surface area (TPSA) is 78.3 Å². The molecule has 150 valence electrons. The average molecular weight is 357 g/mol. The van der Waals surface area contributed by atoms with Crippen LogP contribution in [0.3, 0.4) is 0 Å². The highest BCUT2D eigenvalue weighted by Gasteiger charge is 2.13. The Balaban J connectivity index is 3.21. The van der Waals surface area contributed by atoms with Gasteiger partial charge in [0.2, 0.25) is 0 Å². The maximum Gasteiger partial charge on any atom is 0.322 e. The fourth-order valence-corrected chi connectivity index (χ4v) is 3.03. The van der Waals surface area contributed by atoms with Crippen molar-refractivity contribution >= 4 is 5.97 Å². The van der Waals surface area contributed by atoms with Crippen molar-refractivity contribution in [1.29, 1.82) is 0 Å². The SMILES string of the molecule is CCCCCCCCCCCCCCCOC(=O)C(N)CCCCN. The second-order valence-corrected chi connectivity index (χ2v) is 7.30. The zero-order valence-corrected chi connectivity index (χ0v) is 16.8. The van der Waals surface area contributed by atoms with Crippen LogP contribution in [0.1, 0.15) is 110 Å². The number of carbonyl (C=O) groups excluding carboxylic acids is 1. The fourth-order valence-electron chi connectivity index (χ4n) is 3.03. The van der Waals surface area contributed by atoms with Gasteiger partial charge in [0.1, 0.15) is 6.04 Å². The van der Waals surface area contributed by atoms with Crippen LogP contribution in [0.4, 0.5) is 0 Å². The molecule has 0 saturated carbocycles. The molecule has 0 rings (SSSR count). The Morgan fingerprint density at radius 3 is 1.72 bits per heavy atom. The molecule has 0 saturated heterocycles. The first-order valence-electron chi connectivity index (χ1n) is 10.8. The predicted molar refractivity (Wildman–Crippen MR) is 108 cm³/mol. The Morgan fingerprint density at radius 2 is 1.24 bits per heavy atom. The maximum atomic E-state index is 11.7. The first-order valence-corrected chi connectivity index (χ1v) is 10.8. The Bertz CT molecular complexity index is 285. The number of nitrogens with two attached hydrogens (primary N) is 2. The molecular formula is C21H44N2O2. The van der Waals surface area contributed by atoms with Crippen molar-refractivity contribution in [2.24, 2.45) is 11.5 Å². The minimum Gasteiger partial charge on any atom is -0.465 e. The molecule has 0 heterocycles. The summed E-state index contributed by atoms with van der Waals surface area (Å²) < 4.78 is 5.24. The molecule has 25 heavy (non-hydrogen) atoms. The largest absolute Gasteiger partial charge is 0.465 e. The van der Waals surface area contributed by atoms with Crippen molar-refractivity contribution in [3.05, 3.63) is 0 Å². The molecule has 4 heteroatoms. The molecule has 0 spiro atoms. The van der Waals surface area contributed by atoms with Gasteiger partial charge >= 0.3 is 5.97 Å². The highest BCUT2D eigenvalue weighted by atomic mass is 16.5. The quantitative estimate of drug-likeness (QED) is 0.250. The second-order valence-electron chi connectivity index (χ2n) is 7.30. The van der Waals surface area contributed by atoms with E-state index in [0.717, 1.165) is 25.7 Å². The highest BCUT2D eigenvalue weighted by Crippen LogP contribution is 2.12. The van der Waals surface area contributed by atoms with Crippen LogP contribution in [0.2, 0.25) is 0 Å². The van der Waals surface area contributed by atoms with Crippen LogP contribution in [-0.4, -0.2) is 25.2 Å². The number of hydrogen-bond acceptors (Lipinski definition) is 4. The molecular weight excluding hydrogens is 312 g/mol. The molecule has 0 aromatic rings. The molecule has 4 N–H and O–H groups in total. The minimum atomic E-state index is -0.478. The normalized spacial score (nSPS) is 12.3. The molecule has 1 atom stereocenters. The number of ether oxygens (including phenoxy) is 1. The van der Waals surface area contributed by atoms with E-state index in [0.29, 0.717) is 19.6 Å². The van der Waals surface area contributed by atoms with Crippen molar-refractivity contribution in [2.45, 2.75) is 116 Å². The van der Waals surface area contributed by atoms with E-state index in [1.165, 1.54) is 70.6 Å². The van der Waals surface area contributed by atoms with Gasteiger partial charge in [-0.3, -0.25) is 4.79 Å². The van der Waals surface area contributed by atoms with E-state index >= 15 is 0 Å². The Morgan fingerprint density at radius 1 is 0.760 bits per heavy atom. The number of hydrogen-bond donors (Lipinski definition) is 2. The lowest BCUT2D eigenvalue weighted by molar-refractivity contribution is -0.145. The summed E-state index contributed by atoms with van der Waals surface area (Å²) in [5.74, 6) is -0.254. The molecule has 0 aromatic carbocycles. The van der Waals surface area contributed by atoms with Gasteiger partial charge in [-0.15, -0.1) is 0 Å². The molecule has 0 aliphatic carbocycles. The molecule has 0 aliphatic rings. The Kier molecular flexibility index (Phi) is 19.2. The first kappa shape index (κ1) is 24.4. The van der Waals surface area contributed by atoms with Crippen LogP contribution in [0.5, 0.6) is 0 Å². The van der Waals surface area contributed by atoms with Gasteiger partial charge in [-0.1, -0.05) is 90.4 Å². The highest BCUT2D eigenvalue weighted by molar-refractivity contribution is 5.75. The Labute approximate surface area is 156 Å². The van der Waals surface area contributed by atoms with Gasteiger partial charge < -0.3 is 16.2 Å². The number of rotatable bonds is 19. The van der Waals surface area contributed by atoms with Crippen molar-refractivity contribution in [3.63, 3.8) is 0 Å². The van der Waals surface area contributed by atoms with Crippen LogP contribution in [0.15, 0.2) is 0 Å². The summed E-state index contributed by atoms with van der Waals surface area (Å²) in [5, 5.41) is 0. The zero-order chi connectivity index (χ0) is 18.6.